The summed E-state index contributed by atoms with van der Waals surface area (Å²) in [6.45, 7) is 2.57. The van der Waals surface area contributed by atoms with Gasteiger partial charge in [0, 0.05) is 11.8 Å². The van der Waals surface area contributed by atoms with Crippen molar-refractivity contribution in [2.75, 3.05) is 6.54 Å². The molecule has 1 saturated carbocycles. The summed E-state index contributed by atoms with van der Waals surface area (Å²) in [5.41, 5.74) is 2.36. The molecule has 3 rings (SSSR count). The van der Waals surface area contributed by atoms with Crippen molar-refractivity contribution in [2.24, 2.45) is 16.8 Å². The van der Waals surface area contributed by atoms with E-state index in [9.17, 15) is 4.48 Å². The first kappa shape index (κ1) is 22.5. The molecule has 1 aliphatic carbocycles. The van der Waals surface area contributed by atoms with Gasteiger partial charge in [0.1, 0.15) is 0 Å². The second-order valence-electron chi connectivity index (χ2n) is 9.08. The van der Waals surface area contributed by atoms with Crippen LogP contribution < -0.4 is 0 Å². The Morgan fingerprint density at radius 1 is 1.00 bits per heavy atom. The van der Waals surface area contributed by atoms with Crippen LogP contribution in [0.2, 0.25) is 0 Å². The van der Waals surface area contributed by atoms with Gasteiger partial charge in [0.15, 0.2) is 5.84 Å². The Morgan fingerprint density at radius 2 is 1.67 bits per heavy atom. The standard InChI is InChI=1S/C26H36FN3/c1-2-3-4-5-6-7-21-8-10-22(11-9-21)12-13-24-19-29-26(30(27)20-24)25-16-14-23(18-28)15-17-25/h14-17,19,21-22H,2-13,20H2,1H3. The first-order valence-electron chi connectivity index (χ1n) is 11.9. The Balaban J connectivity index is 1.40. The summed E-state index contributed by atoms with van der Waals surface area (Å²) in [7, 11) is 0. The largest absolute Gasteiger partial charge is 0.236 e. The number of unbranched alkanes of at least 4 members (excludes halogenated alkanes) is 4. The van der Waals surface area contributed by atoms with Crippen LogP contribution in [-0.4, -0.2) is 17.5 Å². The molecule has 0 bridgehead atoms. The number of nitriles is 1. The molecule has 1 fully saturated rings. The lowest BCUT2D eigenvalue weighted by Gasteiger charge is -2.29. The minimum absolute atomic E-state index is 0.298. The number of rotatable bonds is 10. The van der Waals surface area contributed by atoms with E-state index in [0.29, 0.717) is 23.5 Å². The summed E-state index contributed by atoms with van der Waals surface area (Å²) >= 11 is 0. The quantitative estimate of drug-likeness (QED) is 0.300. The molecular formula is C26H36FN3. The zero-order chi connectivity index (χ0) is 21.2. The number of hydrogen-bond acceptors (Lipinski definition) is 3. The average Bonchev–Trinajstić information content (AvgIpc) is 2.78. The number of amidine groups is 1. The van der Waals surface area contributed by atoms with E-state index in [1.54, 1.807) is 24.3 Å². The maximum absolute atomic E-state index is 14.6. The van der Waals surface area contributed by atoms with Crippen LogP contribution in [0.1, 0.15) is 95.1 Å². The smallest absolute Gasteiger partial charge is 0.164 e. The molecule has 162 valence electrons. The molecule has 0 aromatic heterocycles. The number of aliphatic imine (C=N–C) groups is 1. The van der Waals surface area contributed by atoms with Gasteiger partial charge in [0.2, 0.25) is 0 Å². The van der Waals surface area contributed by atoms with Crippen LogP contribution in [0.25, 0.3) is 0 Å². The van der Waals surface area contributed by atoms with Gasteiger partial charge in [0.05, 0.1) is 18.2 Å². The number of hydrogen-bond donors (Lipinski definition) is 0. The van der Waals surface area contributed by atoms with Gasteiger partial charge in [-0.1, -0.05) is 75.6 Å². The Labute approximate surface area is 181 Å². The summed E-state index contributed by atoms with van der Waals surface area (Å²) < 4.78 is 14.6. The molecule has 0 N–H and O–H groups in total. The van der Waals surface area contributed by atoms with Crippen molar-refractivity contribution < 1.29 is 4.48 Å². The summed E-state index contributed by atoms with van der Waals surface area (Å²) in [5.74, 6) is 2.07. The van der Waals surface area contributed by atoms with Crippen molar-refractivity contribution in [3.8, 4) is 6.07 Å². The zero-order valence-electron chi connectivity index (χ0n) is 18.5. The fourth-order valence-corrected chi connectivity index (χ4v) is 4.80. The fraction of sp³-hybridized carbons (Fsp3) is 0.615. The lowest BCUT2D eigenvalue weighted by atomic mass is 9.77. The SMILES string of the molecule is CCCCCCCC1CCC(CCC2=CN=C(c3ccc(C#N)cc3)N(F)C2)CC1. The van der Waals surface area contributed by atoms with Crippen molar-refractivity contribution in [1.82, 2.24) is 5.12 Å². The highest BCUT2D eigenvalue weighted by Gasteiger charge is 2.23. The van der Waals surface area contributed by atoms with E-state index in [4.69, 9.17) is 5.26 Å². The molecule has 0 atom stereocenters. The van der Waals surface area contributed by atoms with Gasteiger partial charge >= 0.3 is 0 Å². The Kier molecular flexibility index (Phi) is 8.93. The third-order valence-electron chi connectivity index (χ3n) is 6.77. The van der Waals surface area contributed by atoms with Gasteiger partial charge in [0.25, 0.3) is 0 Å². The monoisotopic (exact) mass is 409 g/mol. The van der Waals surface area contributed by atoms with Gasteiger partial charge in [-0.25, -0.2) is 4.99 Å². The predicted octanol–water partition coefficient (Wildman–Crippen LogP) is 7.34. The van der Waals surface area contributed by atoms with Crippen LogP contribution in [0.3, 0.4) is 0 Å². The van der Waals surface area contributed by atoms with Crippen LogP contribution in [-0.2, 0) is 0 Å². The zero-order valence-corrected chi connectivity index (χ0v) is 18.5. The van der Waals surface area contributed by atoms with E-state index in [1.807, 2.05) is 6.20 Å². The van der Waals surface area contributed by atoms with E-state index in [2.05, 4.69) is 18.0 Å². The molecule has 3 nitrogen and oxygen atoms in total. The minimum Gasteiger partial charge on any atom is -0.236 e. The average molecular weight is 410 g/mol. The normalized spacial score (nSPS) is 21.7. The molecule has 0 saturated heterocycles. The van der Waals surface area contributed by atoms with Crippen LogP contribution in [0, 0.1) is 23.2 Å². The molecular weight excluding hydrogens is 373 g/mol. The first-order chi connectivity index (χ1) is 14.7. The fourth-order valence-electron chi connectivity index (χ4n) is 4.80. The van der Waals surface area contributed by atoms with Gasteiger partial charge in [-0.3, -0.25) is 0 Å². The molecule has 30 heavy (non-hydrogen) atoms. The molecule has 1 aliphatic heterocycles. The van der Waals surface area contributed by atoms with E-state index in [-0.39, 0.29) is 0 Å². The van der Waals surface area contributed by atoms with Crippen LogP contribution >= 0.6 is 0 Å². The molecule has 2 aliphatic rings. The maximum atomic E-state index is 14.6. The number of benzene rings is 1. The summed E-state index contributed by atoms with van der Waals surface area (Å²) in [4.78, 5) is 4.37. The summed E-state index contributed by atoms with van der Waals surface area (Å²) in [6.07, 6.45) is 17.8. The second kappa shape index (κ2) is 11.9. The number of halogens is 1. The lowest BCUT2D eigenvalue weighted by molar-refractivity contribution is 0.131. The molecule has 0 radical (unpaired) electrons. The van der Waals surface area contributed by atoms with Crippen molar-refractivity contribution in [3.63, 3.8) is 0 Å². The summed E-state index contributed by atoms with van der Waals surface area (Å²) in [5, 5.41) is 9.64. The molecule has 1 heterocycles. The molecule has 0 spiro atoms. The van der Waals surface area contributed by atoms with Crippen LogP contribution in [0.15, 0.2) is 41.0 Å². The molecule has 1 aromatic rings. The van der Waals surface area contributed by atoms with Crippen LogP contribution in [0.5, 0.6) is 0 Å². The van der Waals surface area contributed by atoms with Gasteiger partial charge in [-0.05, 0) is 54.5 Å². The van der Waals surface area contributed by atoms with Gasteiger partial charge in [-0.15, -0.1) is 0 Å². The van der Waals surface area contributed by atoms with Crippen molar-refractivity contribution >= 4 is 5.84 Å². The van der Waals surface area contributed by atoms with Crippen molar-refractivity contribution in [3.05, 3.63) is 47.2 Å². The summed E-state index contributed by atoms with van der Waals surface area (Å²) in [6, 6.07) is 9.00. The lowest BCUT2D eigenvalue weighted by Crippen LogP contribution is -2.28. The van der Waals surface area contributed by atoms with E-state index >= 15 is 0 Å². The third-order valence-corrected chi connectivity index (χ3v) is 6.77. The highest BCUT2D eigenvalue weighted by molar-refractivity contribution is 5.99. The van der Waals surface area contributed by atoms with E-state index < -0.39 is 0 Å². The topological polar surface area (TPSA) is 39.4 Å². The Hall–Kier alpha value is -2.15. The Bertz CT molecular complexity index is 751. The van der Waals surface area contributed by atoms with Crippen LogP contribution in [0.4, 0.5) is 4.48 Å². The minimum atomic E-state index is 0.298. The third kappa shape index (κ3) is 6.69. The van der Waals surface area contributed by atoms with E-state index in [0.717, 1.165) is 35.4 Å². The Morgan fingerprint density at radius 3 is 2.30 bits per heavy atom. The van der Waals surface area contributed by atoms with E-state index in [1.165, 1.54) is 64.2 Å². The maximum Gasteiger partial charge on any atom is 0.164 e. The predicted molar refractivity (Wildman–Crippen MR) is 122 cm³/mol. The molecule has 1 aromatic carbocycles. The second-order valence-corrected chi connectivity index (χ2v) is 9.08. The van der Waals surface area contributed by atoms with Gasteiger partial charge < -0.3 is 0 Å². The van der Waals surface area contributed by atoms with Gasteiger partial charge in [-0.2, -0.15) is 10.4 Å². The molecule has 0 amide bonds. The first-order valence-corrected chi connectivity index (χ1v) is 11.9. The molecule has 4 heteroatoms. The van der Waals surface area contributed by atoms with Crippen molar-refractivity contribution in [2.45, 2.75) is 84.0 Å². The van der Waals surface area contributed by atoms with Crippen molar-refractivity contribution in [1.29, 1.82) is 5.26 Å². The highest BCUT2D eigenvalue weighted by Crippen LogP contribution is 2.35. The highest BCUT2D eigenvalue weighted by atomic mass is 19.2. The number of nitrogens with zero attached hydrogens (tertiary/aromatic N) is 3. The molecule has 0 unspecified atom stereocenters.